The first-order valence-electron chi connectivity index (χ1n) is 7.12. The lowest BCUT2D eigenvalue weighted by Gasteiger charge is -2.25. The average molecular weight is 294 g/mol. The Morgan fingerprint density at radius 1 is 1.25 bits per heavy atom. The molecule has 0 bridgehead atoms. The van der Waals surface area contributed by atoms with Gasteiger partial charge in [0.15, 0.2) is 5.13 Å². The Balaban J connectivity index is 1.58. The molecule has 2 atom stereocenters. The van der Waals surface area contributed by atoms with Crippen molar-refractivity contribution < 1.29 is 14.7 Å². The summed E-state index contributed by atoms with van der Waals surface area (Å²) < 4.78 is 0. The lowest BCUT2D eigenvalue weighted by atomic mass is 9.81. The molecule has 6 heteroatoms. The number of hydrogen-bond donors (Lipinski definition) is 2. The Morgan fingerprint density at radius 2 is 2.00 bits per heavy atom. The Hall–Kier alpha value is -1.43. The van der Waals surface area contributed by atoms with Gasteiger partial charge in [-0.25, -0.2) is 4.98 Å². The molecule has 5 nitrogen and oxygen atoms in total. The Labute approximate surface area is 121 Å². The van der Waals surface area contributed by atoms with Gasteiger partial charge in [0.2, 0.25) is 5.91 Å². The fraction of sp³-hybridized carbons (Fsp3) is 0.643. The van der Waals surface area contributed by atoms with E-state index in [0.717, 1.165) is 18.5 Å². The maximum atomic E-state index is 12.2. The number of amides is 1. The standard InChI is InChI=1S/C14H18N2O3S/c17-12(9-2-1-3-10(6-9)13(18)19)16-14-15-11(7-20-14)8-4-5-8/h7-10H,1-6H2,(H,18,19)(H,15,16,17). The van der Waals surface area contributed by atoms with Crippen LogP contribution in [0.3, 0.4) is 0 Å². The average Bonchev–Trinajstić information content (AvgIpc) is 3.20. The van der Waals surface area contributed by atoms with Gasteiger partial charge in [0, 0.05) is 17.2 Å². The molecule has 2 saturated carbocycles. The predicted molar refractivity (Wildman–Crippen MR) is 75.8 cm³/mol. The highest BCUT2D eigenvalue weighted by atomic mass is 32.1. The van der Waals surface area contributed by atoms with Gasteiger partial charge >= 0.3 is 5.97 Å². The van der Waals surface area contributed by atoms with E-state index in [1.807, 2.05) is 5.38 Å². The van der Waals surface area contributed by atoms with Crippen LogP contribution in [0.5, 0.6) is 0 Å². The third-order valence-electron chi connectivity index (χ3n) is 4.14. The second-order valence-corrected chi connectivity index (χ2v) is 6.60. The quantitative estimate of drug-likeness (QED) is 0.895. The number of thiazole rings is 1. The molecular formula is C14H18N2O3S. The van der Waals surface area contributed by atoms with Crippen LogP contribution < -0.4 is 5.32 Å². The first kappa shape index (κ1) is 13.5. The fourth-order valence-corrected chi connectivity index (χ4v) is 3.57. The van der Waals surface area contributed by atoms with Crippen molar-refractivity contribution in [2.24, 2.45) is 11.8 Å². The number of hydrogen-bond acceptors (Lipinski definition) is 4. The Morgan fingerprint density at radius 3 is 2.70 bits per heavy atom. The predicted octanol–water partition coefficient (Wildman–Crippen LogP) is 2.85. The van der Waals surface area contributed by atoms with Crippen molar-refractivity contribution in [3.63, 3.8) is 0 Å². The first-order chi connectivity index (χ1) is 9.63. The largest absolute Gasteiger partial charge is 0.481 e. The van der Waals surface area contributed by atoms with Crippen molar-refractivity contribution in [2.75, 3.05) is 5.32 Å². The van der Waals surface area contributed by atoms with Gasteiger partial charge in [-0.1, -0.05) is 6.42 Å². The van der Waals surface area contributed by atoms with E-state index in [-0.39, 0.29) is 17.7 Å². The minimum absolute atomic E-state index is 0.0763. The van der Waals surface area contributed by atoms with Crippen molar-refractivity contribution in [1.29, 1.82) is 0 Å². The van der Waals surface area contributed by atoms with Crippen molar-refractivity contribution in [3.05, 3.63) is 11.1 Å². The molecule has 0 saturated heterocycles. The number of aromatic nitrogens is 1. The van der Waals surface area contributed by atoms with Crippen molar-refractivity contribution >= 4 is 28.3 Å². The topological polar surface area (TPSA) is 79.3 Å². The number of carboxylic acid groups (broad SMARTS) is 1. The zero-order valence-electron chi connectivity index (χ0n) is 11.2. The third kappa shape index (κ3) is 3.00. The third-order valence-corrected chi connectivity index (χ3v) is 4.92. The number of nitrogens with zero attached hydrogens (tertiary/aromatic N) is 1. The second kappa shape index (κ2) is 5.52. The second-order valence-electron chi connectivity index (χ2n) is 5.74. The van der Waals surface area contributed by atoms with Gasteiger partial charge in [-0.2, -0.15) is 0 Å². The Kier molecular flexibility index (Phi) is 3.74. The van der Waals surface area contributed by atoms with Gasteiger partial charge in [0.1, 0.15) is 0 Å². The van der Waals surface area contributed by atoms with E-state index in [0.29, 0.717) is 23.9 Å². The van der Waals surface area contributed by atoms with Crippen molar-refractivity contribution in [3.8, 4) is 0 Å². The molecule has 1 heterocycles. The lowest BCUT2D eigenvalue weighted by molar-refractivity contribution is -0.143. The van der Waals surface area contributed by atoms with E-state index in [9.17, 15) is 9.59 Å². The fourth-order valence-electron chi connectivity index (χ4n) is 2.77. The molecule has 0 spiro atoms. The molecule has 3 rings (SSSR count). The van der Waals surface area contributed by atoms with Crippen LogP contribution in [0.2, 0.25) is 0 Å². The number of rotatable bonds is 4. The smallest absolute Gasteiger partial charge is 0.306 e. The molecule has 20 heavy (non-hydrogen) atoms. The normalized spacial score (nSPS) is 26.2. The summed E-state index contributed by atoms with van der Waals surface area (Å²) in [7, 11) is 0. The zero-order valence-corrected chi connectivity index (χ0v) is 12.0. The van der Waals surface area contributed by atoms with Gasteiger partial charge in [-0.3, -0.25) is 9.59 Å². The highest BCUT2D eigenvalue weighted by molar-refractivity contribution is 7.13. The van der Waals surface area contributed by atoms with E-state index < -0.39 is 5.97 Å². The van der Waals surface area contributed by atoms with Crippen LogP contribution in [-0.4, -0.2) is 22.0 Å². The summed E-state index contributed by atoms with van der Waals surface area (Å²) >= 11 is 1.46. The van der Waals surface area contributed by atoms with Gasteiger partial charge in [-0.05, 0) is 32.1 Å². The molecule has 0 aromatic carbocycles. The maximum absolute atomic E-state index is 12.2. The van der Waals surface area contributed by atoms with Gasteiger partial charge in [0.05, 0.1) is 11.6 Å². The summed E-state index contributed by atoms with van der Waals surface area (Å²) in [6.07, 6.45) is 5.10. The number of nitrogens with one attached hydrogen (secondary N) is 1. The van der Waals surface area contributed by atoms with Crippen LogP contribution in [0.15, 0.2) is 5.38 Å². The number of aliphatic carboxylic acids is 1. The minimum Gasteiger partial charge on any atom is -0.481 e. The van der Waals surface area contributed by atoms with E-state index >= 15 is 0 Å². The monoisotopic (exact) mass is 294 g/mol. The lowest BCUT2D eigenvalue weighted by Crippen LogP contribution is -2.30. The van der Waals surface area contributed by atoms with Crippen LogP contribution >= 0.6 is 11.3 Å². The molecule has 2 fully saturated rings. The molecule has 2 unspecified atom stereocenters. The molecule has 0 aliphatic heterocycles. The van der Waals surface area contributed by atoms with Crippen LogP contribution in [0.4, 0.5) is 5.13 Å². The summed E-state index contributed by atoms with van der Waals surface area (Å²) in [5, 5.41) is 14.6. The molecule has 1 aromatic rings. The van der Waals surface area contributed by atoms with Crippen LogP contribution in [0, 0.1) is 11.8 Å². The minimum atomic E-state index is -0.784. The molecule has 108 valence electrons. The van der Waals surface area contributed by atoms with Gasteiger partial charge in [-0.15, -0.1) is 11.3 Å². The summed E-state index contributed by atoms with van der Waals surface area (Å²) in [5.41, 5.74) is 1.08. The molecule has 2 N–H and O–H groups in total. The SMILES string of the molecule is O=C(O)C1CCCC(C(=O)Nc2nc(C3CC3)cs2)C1. The molecule has 2 aliphatic carbocycles. The molecule has 1 amide bonds. The Bertz CT molecular complexity index is 524. The summed E-state index contributed by atoms with van der Waals surface area (Å²) in [5.74, 6) is -0.848. The number of carbonyl (C=O) groups is 2. The maximum Gasteiger partial charge on any atom is 0.306 e. The number of anilines is 1. The van der Waals surface area contributed by atoms with Crippen LogP contribution in [0.1, 0.15) is 50.1 Å². The van der Waals surface area contributed by atoms with Crippen LogP contribution in [-0.2, 0) is 9.59 Å². The van der Waals surface area contributed by atoms with Crippen molar-refractivity contribution in [2.45, 2.75) is 44.4 Å². The molecular weight excluding hydrogens is 276 g/mol. The van der Waals surface area contributed by atoms with E-state index in [4.69, 9.17) is 5.11 Å². The molecule has 0 radical (unpaired) electrons. The van der Waals surface area contributed by atoms with E-state index in [1.165, 1.54) is 24.2 Å². The summed E-state index contributed by atoms with van der Waals surface area (Å²) in [4.78, 5) is 27.6. The van der Waals surface area contributed by atoms with E-state index in [2.05, 4.69) is 10.3 Å². The van der Waals surface area contributed by atoms with Gasteiger partial charge in [0.25, 0.3) is 0 Å². The van der Waals surface area contributed by atoms with Gasteiger partial charge < -0.3 is 10.4 Å². The van der Waals surface area contributed by atoms with Crippen molar-refractivity contribution in [1.82, 2.24) is 4.98 Å². The summed E-state index contributed by atoms with van der Waals surface area (Å²) in [6.45, 7) is 0. The first-order valence-corrected chi connectivity index (χ1v) is 8.00. The van der Waals surface area contributed by atoms with Crippen LogP contribution in [0.25, 0.3) is 0 Å². The number of carbonyl (C=O) groups excluding carboxylic acids is 1. The summed E-state index contributed by atoms with van der Waals surface area (Å²) in [6, 6.07) is 0. The highest BCUT2D eigenvalue weighted by Crippen LogP contribution is 2.41. The molecule has 2 aliphatic rings. The van der Waals surface area contributed by atoms with E-state index in [1.54, 1.807) is 0 Å². The highest BCUT2D eigenvalue weighted by Gasteiger charge is 2.32. The number of carboxylic acids is 1. The molecule has 1 aromatic heterocycles. The zero-order chi connectivity index (χ0) is 14.1.